The Morgan fingerprint density at radius 3 is 2.32 bits per heavy atom. The summed E-state index contributed by atoms with van der Waals surface area (Å²) in [7, 11) is 0. The van der Waals surface area contributed by atoms with Crippen LogP contribution in [-0.4, -0.2) is 24.5 Å². The van der Waals surface area contributed by atoms with Gasteiger partial charge in [0.25, 0.3) is 5.91 Å². The molecule has 4 nitrogen and oxygen atoms in total. The lowest BCUT2D eigenvalue weighted by atomic mass is 9.87. The van der Waals surface area contributed by atoms with E-state index in [1.807, 2.05) is 26.0 Å². The molecule has 0 bridgehead atoms. The molecule has 1 amide bonds. The molecule has 0 aromatic heterocycles. The van der Waals surface area contributed by atoms with E-state index in [4.69, 9.17) is 16.3 Å². The van der Waals surface area contributed by atoms with E-state index in [1.165, 1.54) is 0 Å². The number of hydrogen-bond acceptors (Lipinski definition) is 3. The van der Waals surface area contributed by atoms with Gasteiger partial charge in [-0.25, -0.2) is 0 Å². The molecule has 1 saturated carbocycles. The van der Waals surface area contributed by atoms with Crippen molar-refractivity contribution in [3.63, 3.8) is 0 Å². The van der Waals surface area contributed by atoms with Gasteiger partial charge in [-0.3, -0.25) is 9.59 Å². The number of nitrogens with one attached hydrogen (secondary N) is 1. The summed E-state index contributed by atoms with van der Waals surface area (Å²) >= 11 is 5.91. The fourth-order valence-corrected chi connectivity index (χ4v) is 3.49. The lowest BCUT2D eigenvalue weighted by Gasteiger charge is -2.27. The predicted molar refractivity (Wildman–Crippen MR) is 99.6 cm³/mol. The quantitative estimate of drug-likeness (QED) is 0.764. The highest BCUT2D eigenvalue weighted by atomic mass is 35.5. The van der Waals surface area contributed by atoms with Crippen LogP contribution in [0.3, 0.4) is 0 Å². The van der Waals surface area contributed by atoms with E-state index in [9.17, 15) is 9.59 Å². The fourth-order valence-electron chi connectivity index (χ4n) is 3.36. The van der Waals surface area contributed by atoms with Crippen molar-refractivity contribution in [2.45, 2.75) is 58.4 Å². The van der Waals surface area contributed by atoms with Crippen molar-refractivity contribution in [2.75, 3.05) is 6.61 Å². The molecular weight excluding hydrogens is 338 g/mol. The molecule has 1 aliphatic rings. The first-order chi connectivity index (χ1) is 11.9. The SMILES string of the molecule is CC1CCC(NC(=O)COC(=O)[C@@H](c2ccc(Cl)cc2)C(C)C)CC1. The molecule has 0 radical (unpaired) electrons. The molecule has 0 unspecified atom stereocenters. The molecule has 2 rings (SSSR count). The number of ether oxygens (including phenoxy) is 1. The number of rotatable bonds is 6. The topological polar surface area (TPSA) is 55.4 Å². The first kappa shape index (κ1) is 19.8. The second kappa shape index (κ2) is 9.23. The Bertz CT molecular complexity index is 577. The molecule has 5 heteroatoms. The lowest BCUT2D eigenvalue weighted by Crippen LogP contribution is -2.40. The maximum absolute atomic E-state index is 12.5. The van der Waals surface area contributed by atoms with Crippen LogP contribution in [0.25, 0.3) is 0 Å². The van der Waals surface area contributed by atoms with Crippen LogP contribution >= 0.6 is 11.6 Å². The Morgan fingerprint density at radius 2 is 1.76 bits per heavy atom. The molecule has 1 aliphatic carbocycles. The third-order valence-corrected chi connectivity index (χ3v) is 5.13. The lowest BCUT2D eigenvalue weighted by molar-refractivity contribution is -0.151. The van der Waals surface area contributed by atoms with Gasteiger partial charge in [-0.1, -0.05) is 44.5 Å². The zero-order valence-electron chi connectivity index (χ0n) is 15.3. The largest absolute Gasteiger partial charge is 0.455 e. The van der Waals surface area contributed by atoms with Crippen LogP contribution in [-0.2, 0) is 14.3 Å². The fraction of sp³-hybridized carbons (Fsp3) is 0.600. The molecule has 1 aromatic rings. The zero-order valence-corrected chi connectivity index (χ0v) is 16.0. The smallest absolute Gasteiger partial charge is 0.314 e. The number of esters is 1. The summed E-state index contributed by atoms with van der Waals surface area (Å²) in [5.74, 6) is -0.189. The van der Waals surface area contributed by atoms with E-state index in [0.717, 1.165) is 37.2 Å². The highest BCUT2D eigenvalue weighted by Crippen LogP contribution is 2.27. The molecule has 0 saturated heterocycles. The van der Waals surface area contributed by atoms with E-state index in [-0.39, 0.29) is 30.4 Å². The summed E-state index contributed by atoms with van der Waals surface area (Å²) < 4.78 is 5.29. The van der Waals surface area contributed by atoms with Crippen molar-refractivity contribution < 1.29 is 14.3 Å². The third-order valence-electron chi connectivity index (χ3n) is 4.88. The van der Waals surface area contributed by atoms with Gasteiger partial charge >= 0.3 is 5.97 Å². The van der Waals surface area contributed by atoms with Crippen LogP contribution in [0.2, 0.25) is 5.02 Å². The molecule has 1 N–H and O–H groups in total. The Balaban J connectivity index is 1.86. The molecule has 138 valence electrons. The highest BCUT2D eigenvalue weighted by Gasteiger charge is 2.27. The number of halogens is 1. The van der Waals surface area contributed by atoms with Gasteiger partial charge in [0.05, 0.1) is 5.92 Å². The molecule has 0 spiro atoms. The van der Waals surface area contributed by atoms with Gasteiger partial charge in [-0.15, -0.1) is 0 Å². The Morgan fingerprint density at radius 1 is 1.16 bits per heavy atom. The van der Waals surface area contributed by atoms with Crippen molar-refractivity contribution in [3.8, 4) is 0 Å². The zero-order chi connectivity index (χ0) is 18.4. The first-order valence-electron chi connectivity index (χ1n) is 9.08. The summed E-state index contributed by atoms with van der Waals surface area (Å²) in [5.41, 5.74) is 0.853. The van der Waals surface area contributed by atoms with Crippen molar-refractivity contribution in [1.29, 1.82) is 0 Å². The summed E-state index contributed by atoms with van der Waals surface area (Å²) in [6, 6.07) is 7.39. The molecule has 25 heavy (non-hydrogen) atoms. The summed E-state index contributed by atoms with van der Waals surface area (Å²) in [6.45, 7) is 5.94. The van der Waals surface area contributed by atoms with Gasteiger partial charge in [-0.05, 0) is 55.2 Å². The predicted octanol–water partition coefficient (Wildman–Crippen LogP) is 4.32. The molecule has 1 aromatic carbocycles. The molecule has 1 fully saturated rings. The molecule has 1 atom stereocenters. The number of carbonyl (C=O) groups excluding carboxylic acids is 2. The second-order valence-corrected chi connectivity index (χ2v) is 7.84. The van der Waals surface area contributed by atoms with Crippen LogP contribution in [0.5, 0.6) is 0 Å². The summed E-state index contributed by atoms with van der Waals surface area (Å²) in [6.07, 6.45) is 4.27. The number of carbonyl (C=O) groups is 2. The Hall–Kier alpha value is -1.55. The van der Waals surface area contributed by atoms with Crippen LogP contribution in [0.15, 0.2) is 24.3 Å². The van der Waals surface area contributed by atoms with Gasteiger partial charge in [0.15, 0.2) is 6.61 Å². The Labute approximate surface area is 155 Å². The molecule has 0 heterocycles. The number of benzene rings is 1. The van der Waals surface area contributed by atoms with Crippen molar-refractivity contribution >= 4 is 23.5 Å². The van der Waals surface area contributed by atoms with Gasteiger partial charge < -0.3 is 10.1 Å². The minimum absolute atomic E-state index is 0.0663. The normalized spacial score (nSPS) is 21.6. The summed E-state index contributed by atoms with van der Waals surface area (Å²) in [5, 5.41) is 3.60. The van der Waals surface area contributed by atoms with Crippen molar-refractivity contribution in [1.82, 2.24) is 5.32 Å². The van der Waals surface area contributed by atoms with Crippen molar-refractivity contribution in [3.05, 3.63) is 34.9 Å². The third kappa shape index (κ3) is 6.03. The summed E-state index contributed by atoms with van der Waals surface area (Å²) in [4.78, 5) is 24.5. The maximum atomic E-state index is 12.5. The van der Waals surface area contributed by atoms with Crippen LogP contribution in [0.4, 0.5) is 0 Å². The van der Waals surface area contributed by atoms with E-state index < -0.39 is 5.92 Å². The number of amides is 1. The monoisotopic (exact) mass is 365 g/mol. The van der Waals surface area contributed by atoms with Crippen LogP contribution in [0.1, 0.15) is 57.9 Å². The van der Waals surface area contributed by atoms with E-state index in [2.05, 4.69) is 12.2 Å². The van der Waals surface area contributed by atoms with E-state index in [1.54, 1.807) is 12.1 Å². The van der Waals surface area contributed by atoms with Gasteiger partial charge in [-0.2, -0.15) is 0 Å². The average Bonchev–Trinajstić information content (AvgIpc) is 2.57. The Kier molecular flexibility index (Phi) is 7.30. The molecular formula is C20H28ClNO3. The van der Waals surface area contributed by atoms with Crippen LogP contribution in [0, 0.1) is 11.8 Å². The van der Waals surface area contributed by atoms with Gasteiger partial charge in [0.1, 0.15) is 0 Å². The number of hydrogen-bond donors (Lipinski definition) is 1. The standard InChI is InChI=1S/C20H28ClNO3/c1-13(2)19(15-6-8-16(21)9-7-15)20(24)25-12-18(23)22-17-10-4-14(3)5-11-17/h6-9,13-14,17,19H,4-5,10-12H2,1-3H3,(H,22,23)/t14?,17?,19-/m1/s1. The second-order valence-electron chi connectivity index (χ2n) is 7.41. The van der Waals surface area contributed by atoms with Gasteiger partial charge in [0.2, 0.25) is 0 Å². The minimum Gasteiger partial charge on any atom is -0.455 e. The maximum Gasteiger partial charge on any atom is 0.314 e. The molecule has 0 aliphatic heterocycles. The van der Waals surface area contributed by atoms with E-state index in [0.29, 0.717) is 5.02 Å². The first-order valence-corrected chi connectivity index (χ1v) is 9.46. The van der Waals surface area contributed by atoms with E-state index >= 15 is 0 Å². The van der Waals surface area contributed by atoms with Crippen molar-refractivity contribution in [2.24, 2.45) is 11.8 Å². The highest BCUT2D eigenvalue weighted by molar-refractivity contribution is 6.30. The minimum atomic E-state index is -0.402. The average molecular weight is 366 g/mol. The van der Waals surface area contributed by atoms with Gasteiger partial charge in [0, 0.05) is 11.1 Å². The van der Waals surface area contributed by atoms with Crippen LogP contribution < -0.4 is 5.32 Å².